The van der Waals surface area contributed by atoms with Gasteiger partial charge in [0.1, 0.15) is 11.6 Å². The van der Waals surface area contributed by atoms with E-state index in [1.54, 1.807) is 7.11 Å². The summed E-state index contributed by atoms with van der Waals surface area (Å²) in [6.07, 6.45) is 0. The Morgan fingerprint density at radius 2 is 2.00 bits per heavy atom. The predicted octanol–water partition coefficient (Wildman–Crippen LogP) is 1.25. The number of aromatic amines is 1. The number of methoxy groups -OCH3 is 1. The van der Waals surface area contributed by atoms with E-state index in [1.165, 1.54) is 0 Å². The van der Waals surface area contributed by atoms with Crippen LogP contribution in [-0.2, 0) is 0 Å². The Labute approximate surface area is 87.0 Å². The summed E-state index contributed by atoms with van der Waals surface area (Å²) < 4.78 is 5.23. The van der Waals surface area contributed by atoms with Gasteiger partial charge >= 0.3 is 0 Å². The number of aromatic nitrogens is 2. The van der Waals surface area contributed by atoms with E-state index in [4.69, 9.17) is 16.2 Å². The summed E-state index contributed by atoms with van der Waals surface area (Å²) in [7, 11) is 1.60. The van der Waals surface area contributed by atoms with Crippen LogP contribution in [0.1, 0.15) is 0 Å². The van der Waals surface area contributed by atoms with E-state index >= 15 is 0 Å². The molecule has 0 fully saturated rings. The maximum absolute atomic E-state index is 5.74. The van der Waals surface area contributed by atoms with E-state index < -0.39 is 0 Å². The zero-order valence-electron chi connectivity index (χ0n) is 8.32. The number of para-hydroxylation sites is 1. The number of benzene rings is 1. The molecule has 0 unspecified atom stereocenters. The van der Waals surface area contributed by atoms with Crippen LogP contribution in [0.15, 0.2) is 24.3 Å². The molecule has 1 heterocycles. The molecule has 0 amide bonds. The van der Waals surface area contributed by atoms with Crippen LogP contribution < -0.4 is 16.2 Å². The van der Waals surface area contributed by atoms with Crippen LogP contribution in [0, 0.1) is 0 Å². The number of nitrogens with one attached hydrogen (secondary N) is 1. The van der Waals surface area contributed by atoms with E-state index in [1.807, 2.05) is 24.3 Å². The number of nitrogens with zero attached hydrogens (tertiary/aromatic N) is 1. The molecule has 0 spiro atoms. The molecule has 5 heteroatoms. The van der Waals surface area contributed by atoms with Crippen LogP contribution in [0.4, 0.5) is 11.6 Å². The number of rotatable bonds is 2. The normalized spacial score (nSPS) is 10.2. The van der Waals surface area contributed by atoms with Crippen molar-refractivity contribution in [3.63, 3.8) is 0 Å². The first kappa shape index (κ1) is 9.39. The predicted molar refractivity (Wildman–Crippen MR) is 59.4 cm³/mol. The maximum atomic E-state index is 5.74. The van der Waals surface area contributed by atoms with Crippen molar-refractivity contribution in [3.8, 4) is 16.9 Å². The smallest absolute Gasteiger partial charge is 0.155 e. The molecule has 5 nitrogen and oxygen atoms in total. The number of anilines is 2. The minimum absolute atomic E-state index is 0.372. The molecule has 0 radical (unpaired) electrons. The molecule has 0 bridgehead atoms. The van der Waals surface area contributed by atoms with Crippen LogP contribution >= 0.6 is 0 Å². The van der Waals surface area contributed by atoms with E-state index in [9.17, 15) is 0 Å². The van der Waals surface area contributed by atoms with Gasteiger partial charge < -0.3 is 16.2 Å². The van der Waals surface area contributed by atoms with Crippen LogP contribution in [0.2, 0.25) is 0 Å². The van der Waals surface area contributed by atoms with Gasteiger partial charge in [0.2, 0.25) is 0 Å². The lowest BCUT2D eigenvalue weighted by Gasteiger charge is -2.07. The molecular weight excluding hydrogens is 192 g/mol. The largest absolute Gasteiger partial charge is 0.496 e. The number of nitrogens with two attached hydrogens (primary N) is 2. The fraction of sp³-hybridized carbons (Fsp3) is 0.100. The first-order valence-electron chi connectivity index (χ1n) is 4.46. The lowest BCUT2D eigenvalue weighted by atomic mass is 10.1. The molecular formula is C10H12N4O. The highest BCUT2D eigenvalue weighted by Gasteiger charge is 2.14. The molecule has 78 valence electrons. The van der Waals surface area contributed by atoms with Crippen LogP contribution in [-0.4, -0.2) is 17.3 Å². The van der Waals surface area contributed by atoms with Crippen molar-refractivity contribution in [1.82, 2.24) is 10.2 Å². The summed E-state index contributed by atoms with van der Waals surface area (Å²) in [5, 5.41) is 6.47. The summed E-state index contributed by atoms with van der Waals surface area (Å²) in [4.78, 5) is 0. The third-order valence-corrected chi connectivity index (χ3v) is 2.20. The van der Waals surface area contributed by atoms with E-state index in [0.717, 1.165) is 11.3 Å². The van der Waals surface area contributed by atoms with Crippen molar-refractivity contribution in [2.24, 2.45) is 0 Å². The molecule has 0 saturated carbocycles. The topological polar surface area (TPSA) is 90.0 Å². The van der Waals surface area contributed by atoms with Gasteiger partial charge in [-0.3, -0.25) is 5.10 Å². The molecule has 0 atom stereocenters. The average Bonchev–Trinajstić information content (AvgIpc) is 2.59. The zero-order chi connectivity index (χ0) is 10.8. The van der Waals surface area contributed by atoms with Crippen LogP contribution in [0.3, 0.4) is 0 Å². The summed E-state index contributed by atoms with van der Waals surface area (Å²) in [5.74, 6) is 1.53. The molecule has 0 saturated heterocycles. The van der Waals surface area contributed by atoms with Gasteiger partial charge in [0.15, 0.2) is 5.82 Å². The second-order valence-corrected chi connectivity index (χ2v) is 3.10. The molecule has 2 rings (SSSR count). The van der Waals surface area contributed by atoms with Gasteiger partial charge in [-0.05, 0) is 6.07 Å². The highest BCUT2D eigenvalue weighted by Crippen LogP contribution is 2.35. The molecule has 1 aromatic heterocycles. The van der Waals surface area contributed by atoms with Crippen LogP contribution in [0.5, 0.6) is 5.75 Å². The third kappa shape index (κ3) is 1.48. The number of ether oxygens (including phenoxy) is 1. The van der Waals surface area contributed by atoms with Crippen molar-refractivity contribution in [2.45, 2.75) is 0 Å². The number of nitrogen functional groups attached to an aromatic ring is 2. The number of hydrogen-bond acceptors (Lipinski definition) is 4. The monoisotopic (exact) mass is 204 g/mol. The van der Waals surface area contributed by atoms with Crippen molar-refractivity contribution in [2.75, 3.05) is 18.6 Å². The quantitative estimate of drug-likeness (QED) is 0.686. The van der Waals surface area contributed by atoms with Gasteiger partial charge in [-0.1, -0.05) is 18.2 Å². The molecule has 5 N–H and O–H groups in total. The molecule has 15 heavy (non-hydrogen) atoms. The first-order chi connectivity index (χ1) is 7.24. The summed E-state index contributed by atoms with van der Waals surface area (Å²) in [5.41, 5.74) is 13.0. The van der Waals surface area contributed by atoms with Gasteiger partial charge in [0.05, 0.1) is 12.7 Å². The number of H-pyrrole nitrogens is 1. The lowest BCUT2D eigenvalue weighted by molar-refractivity contribution is 0.416. The zero-order valence-corrected chi connectivity index (χ0v) is 8.32. The minimum Gasteiger partial charge on any atom is -0.496 e. The Kier molecular flexibility index (Phi) is 2.21. The average molecular weight is 204 g/mol. The molecule has 2 aromatic rings. The molecule has 1 aromatic carbocycles. The second kappa shape index (κ2) is 3.53. The highest BCUT2D eigenvalue weighted by molar-refractivity contribution is 5.86. The van der Waals surface area contributed by atoms with Crippen LogP contribution in [0.25, 0.3) is 11.1 Å². The highest BCUT2D eigenvalue weighted by atomic mass is 16.5. The molecule has 0 aliphatic rings. The van der Waals surface area contributed by atoms with Crippen molar-refractivity contribution >= 4 is 11.6 Å². The number of hydrogen-bond donors (Lipinski definition) is 3. The van der Waals surface area contributed by atoms with Crippen molar-refractivity contribution in [1.29, 1.82) is 0 Å². The van der Waals surface area contributed by atoms with Gasteiger partial charge in [-0.15, -0.1) is 0 Å². The van der Waals surface area contributed by atoms with Crippen molar-refractivity contribution in [3.05, 3.63) is 24.3 Å². The molecule has 0 aliphatic heterocycles. The van der Waals surface area contributed by atoms with Gasteiger partial charge in [-0.25, -0.2) is 0 Å². The van der Waals surface area contributed by atoms with Crippen molar-refractivity contribution < 1.29 is 4.74 Å². The Balaban J connectivity index is 2.63. The van der Waals surface area contributed by atoms with Gasteiger partial charge in [-0.2, -0.15) is 5.10 Å². The van der Waals surface area contributed by atoms with E-state index in [-0.39, 0.29) is 0 Å². The Hall–Kier alpha value is -2.17. The fourth-order valence-electron chi connectivity index (χ4n) is 1.50. The SMILES string of the molecule is COc1ccccc1-c1c(N)n[nH]c1N. The summed E-state index contributed by atoms with van der Waals surface area (Å²) in [6.45, 7) is 0. The summed E-state index contributed by atoms with van der Waals surface area (Å²) >= 11 is 0. The first-order valence-corrected chi connectivity index (χ1v) is 4.46. The Bertz CT molecular complexity index is 459. The van der Waals surface area contributed by atoms with E-state index in [0.29, 0.717) is 17.2 Å². The van der Waals surface area contributed by atoms with E-state index in [2.05, 4.69) is 10.2 Å². The van der Waals surface area contributed by atoms with Gasteiger partial charge in [0, 0.05) is 5.56 Å². The minimum atomic E-state index is 0.372. The third-order valence-electron chi connectivity index (χ3n) is 2.20. The standard InChI is InChI=1S/C10H12N4O/c1-15-7-5-3-2-4-6(7)8-9(11)13-14-10(8)12/h2-5H,1H3,(H5,11,12,13,14). The fourth-order valence-corrected chi connectivity index (χ4v) is 1.50. The molecule has 0 aliphatic carbocycles. The second-order valence-electron chi connectivity index (χ2n) is 3.10. The summed E-state index contributed by atoms with van der Waals surface area (Å²) in [6, 6.07) is 7.51. The Morgan fingerprint density at radius 3 is 2.60 bits per heavy atom. The Morgan fingerprint density at radius 1 is 1.27 bits per heavy atom. The van der Waals surface area contributed by atoms with Gasteiger partial charge in [0.25, 0.3) is 0 Å². The maximum Gasteiger partial charge on any atom is 0.155 e. The lowest BCUT2D eigenvalue weighted by Crippen LogP contribution is -1.93.